The number of nitrogens with zero attached hydrogens (tertiary/aromatic N) is 5. The van der Waals surface area contributed by atoms with E-state index in [1.165, 1.54) is 4.88 Å². The molecule has 3 heterocycles. The van der Waals surface area contributed by atoms with E-state index in [4.69, 9.17) is 4.52 Å². The molecule has 0 aromatic carbocycles. The molecule has 0 bridgehead atoms. The van der Waals surface area contributed by atoms with Gasteiger partial charge in [-0.15, -0.1) is 35.3 Å². The third kappa shape index (κ3) is 7.35. The Morgan fingerprint density at radius 1 is 1.17 bits per heavy atom. The van der Waals surface area contributed by atoms with Gasteiger partial charge >= 0.3 is 0 Å². The Kier molecular flexibility index (Phi) is 9.98. The zero-order valence-corrected chi connectivity index (χ0v) is 19.7. The van der Waals surface area contributed by atoms with Gasteiger partial charge in [-0.05, 0) is 25.5 Å². The van der Waals surface area contributed by atoms with Crippen LogP contribution in [0.1, 0.15) is 29.6 Å². The number of rotatable bonds is 9. The summed E-state index contributed by atoms with van der Waals surface area (Å²) < 4.78 is 5.28. The molecule has 0 aliphatic carbocycles. The summed E-state index contributed by atoms with van der Waals surface area (Å²) in [6, 6.07) is 5.59. The maximum absolute atomic E-state index is 5.28. The third-order valence-corrected chi connectivity index (χ3v) is 5.08. The molecule has 0 aliphatic heterocycles. The van der Waals surface area contributed by atoms with Crippen LogP contribution in [0.5, 0.6) is 0 Å². The molecule has 0 spiro atoms. The summed E-state index contributed by atoms with van der Waals surface area (Å²) in [6.45, 7) is 6.34. The minimum absolute atomic E-state index is 0. The number of pyridine rings is 1. The van der Waals surface area contributed by atoms with Crippen LogP contribution < -0.4 is 10.6 Å². The van der Waals surface area contributed by atoms with Crippen molar-refractivity contribution in [2.75, 3.05) is 19.6 Å². The predicted molar refractivity (Wildman–Crippen MR) is 126 cm³/mol. The number of guanidine groups is 1. The minimum Gasteiger partial charge on any atom is -0.357 e. The first kappa shape index (κ1) is 23.2. The van der Waals surface area contributed by atoms with Crippen LogP contribution in [0, 0.1) is 0 Å². The molecule has 8 nitrogen and oxygen atoms in total. The lowest BCUT2D eigenvalue weighted by Gasteiger charge is -2.10. The smallest absolute Gasteiger partial charge is 0.276 e. The van der Waals surface area contributed by atoms with E-state index in [2.05, 4.69) is 42.7 Å². The standard InChI is InChI=1S/C19H25N7OS.HI/c1-3-14-13-24-17(28-14)9-12-23-19(20-4-2)22-11-8-16-25-18(27-26-16)15-7-5-6-10-21-15;/h5-7,10,13H,3-4,8-9,11-12H2,1-2H3,(H2,20,22,23);1H. The maximum Gasteiger partial charge on any atom is 0.276 e. The number of aryl methyl sites for hydroxylation is 1. The van der Waals surface area contributed by atoms with Crippen molar-refractivity contribution in [2.24, 2.45) is 4.99 Å². The highest BCUT2D eigenvalue weighted by molar-refractivity contribution is 14.0. The lowest BCUT2D eigenvalue weighted by Crippen LogP contribution is -2.38. The highest BCUT2D eigenvalue weighted by atomic mass is 127. The van der Waals surface area contributed by atoms with Gasteiger partial charge in [0.2, 0.25) is 0 Å². The summed E-state index contributed by atoms with van der Waals surface area (Å²) in [5.74, 6) is 1.85. The molecule has 0 fully saturated rings. The van der Waals surface area contributed by atoms with Gasteiger partial charge in [0.05, 0.1) is 5.01 Å². The molecule has 0 aliphatic rings. The number of thiazole rings is 1. The first-order valence-electron chi connectivity index (χ1n) is 9.48. The minimum atomic E-state index is 0. The Morgan fingerprint density at radius 3 is 2.79 bits per heavy atom. The van der Waals surface area contributed by atoms with Gasteiger partial charge in [0.15, 0.2) is 11.8 Å². The molecule has 3 aromatic rings. The van der Waals surface area contributed by atoms with E-state index < -0.39 is 0 Å². The lowest BCUT2D eigenvalue weighted by atomic mass is 10.3. The zero-order valence-electron chi connectivity index (χ0n) is 16.6. The summed E-state index contributed by atoms with van der Waals surface area (Å²) in [5, 5.41) is 11.7. The van der Waals surface area contributed by atoms with Gasteiger partial charge in [0, 0.05) is 49.7 Å². The van der Waals surface area contributed by atoms with Crippen molar-refractivity contribution in [3.63, 3.8) is 0 Å². The molecule has 0 saturated carbocycles. The largest absolute Gasteiger partial charge is 0.357 e. The molecule has 156 valence electrons. The number of hydrogen-bond donors (Lipinski definition) is 2. The van der Waals surface area contributed by atoms with E-state index in [0.717, 1.165) is 30.4 Å². The molecule has 0 saturated heterocycles. The van der Waals surface area contributed by atoms with E-state index in [1.54, 1.807) is 17.5 Å². The van der Waals surface area contributed by atoms with Crippen LogP contribution in [0.15, 0.2) is 40.1 Å². The lowest BCUT2D eigenvalue weighted by molar-refractivity contribution is 0.421. The summed E-state index contributed by atoms with van der Waals surface area (Å²) in [7, 11) is 0. The van der Waals surface area contributed by atoms with Gasteiger partial charge in [-0.3, -0.25) is 9.98 Å². The zero-order chi connectivity index (χ0) is 19.6. The van der Waals surface area contributed by atoms with E-state index in [1.807, 2.05) is 31.3 Å². The first-order chi connectivity index (χ1) is 13.8. The number of hydrogen-bond acceptors (Lipinski definition) is 7. The molecule has 2 N–H and O–H groups in total. The quantitative estimate of drug-likeness (QED) is 0.251. The summed E-state index contributed by atoms with van der Waals surface area (Å²) >= 11 is 1.76. The highest BCUT2D eigenvalue weighted by Gasteiger charge is 2.09. The summed E-state index contributed by atoms with van der Waals surface area (Å²) in [4.78, 5) is 19.0. The van der Waals surface area contributed by atoms with Crippen LogP contribution in [0.2, 0.25) is 0 Å². The van der Waals surface area contributed by atoms with Crippen LogP contribution >= 0.6 is 35.3 Å². The summed E-state index contributed by atoms with van der Waals surface area (Å²) in [6.07, 6.45) is 6.17. The van der Waals surface area contributed by atoms with E-state index in [0.29, 0.717) is 36.9 Å². The van der Waals surface area contributed by atoms with Crippen molar-refractivity contribution in [2.45, 2.75) is 33.1 Å². The van der Waals surface area contributed by atoms with Gasteiger partial charge < -0.3 is 15.2 Å². The van der Waals surface area contributed by atoms with Crippen LogP contribution in [0.3, 0.4) is 0 Å². The number of halogens is 1. The second-order valence-electron chi connectivity index (χ2n) is 5.99. The van der Waals surface area contributed by atoms with E-state index in [-0.39, 0.29) is 24.0 Å². The van der Waals surface area contributed by atoms with Crippen LogP contribution in [0.4, 0.5) is 0 Å². The van der Waals surface area contributed by atoms with Gasteiger partial charge in [0.1, 0.15) is 5.69 Å². The fraction of sp³-hybridized carbons (Fsp3) is 0.421. The second-order valence-corrected chi connectivity index (χ2v) is 7.19. The van der Waals surface area contributed by atoms with Crippen molar-refractivity contribution in [3.8, 4) is 11.6 Å². The normalized spacial score (nSPS) is 11.2. The number of aliphatic imine (C=N–C) groups is 1. The first-order valence-corrected chi connectivity index (χ1v) is 10.3. The average Bonchev–Trinajstić information content (AvgIpc) is 3.38. The van der Waals surface area contributed by atoms with Gasteiger partial charge in [-0.2, -0.15) is 4.98 Å². The molecule has 0 unspecified atom stereocenters. The van der Waals surface area contributed by atoms with Gasteiger partial charge in [-0.25, -0.2) is 4.98 Å². The van der Waals surface area contributed by atoms with E-state index >= 15 is 0 Å². The van der Waals surface area contributed by atoms with Crippen LogP contribution in [-0.4, -0.2) is 45.7 Å². The fourth-order valence-electron chi connectivity index (χ4n) is 2.47. The van der Waals surface area contributed by atoms with Crippen LogP contribution in [0.25, 0.3) is 11.6 Å². The van der Waals surface area contributed by atoms with Gasteiger partial charge in [-0.1, -0.05) is 18.1 Å². The predicted octanol–water partition coefficient (Wildman–Crippen LogP) is 3.11. The summed E-state index contributed by atoms with van der Waals surface area (Å²) in [5.41, 5.74) is 0.678. The Balaban J connectivity index is 0.00000300. The Labute approximate surface area is 191 Å². The molecular formula is C19H26IN7OS. The topological polar surface area (TPSA) is 101 Å². The van der Waals surface area contributed by atoms with Gasteiger partial charge in [0.25, 0.3) is 5.89 Å². The average molecular weight is 527 g/mol. The SMILES string of the molecule is CCNC(=NCCc1ncc(CC)s1)NCCc1noc(-c2ccccn2)n1.I. The Morgan fingerprint density at radius 2 is 2.07 bits per heavy atom. The maximum atomic E-state index is 5.28. The molecule has 0 atom stereocenters. The van der Waals surface area contributed by atoms with Crippen molar-refractivity contribution in [1.29, 1.82) is 0 Å². The van der Waals surface area contributed by atoms with Crippen molar-refractivity contribution in [1.82, 2.24) is 30.7 Å². The van der Waals surface area contributed by atoms with Crippen LogP contribution in [-0.2, 0) is 19.3 Å². The molecule has 0 amide bonds. The molecule has 10 heteroatoms. The molecule has 3 aromatic heterocycles. The molecule has 3 rings (SSSR count). The van der Waals surface area contributed by atoms with Crippen molar-refractivity contribution >= 4 is 41.3 Å². The number of nitrogens with one attached hydrogen (secondary N) is 2. The van der Waals surface area contributed by atoms with Crippen molar-refractivity contribution in [3.05, 3.63) is 46.3 Å². The monoisotopic (exact) mass is 527 g/mol. The van der Waals surface area contributed by atoms with E-state index in [9.17, 15) is 0 Å². The third-order valence-electron chi connectivity index (χ3n) is 3.88. The Bertz CT molecular complexity index is 882. The molecule has 0 radical (unpaired) electrons. The molecule has 29 heavy (non-hydrogen) atoms. The second kappa shape index (κ2) is 12.5. The highest BCUT2D eigenvalue weighted by Crippen LogP contribution is 2.14. The Hall–Kier alpha value is -2.08. The molecular weight excluding hydrogens is 501 g/mol. The number of aromatic nitrogens is 4. The van der Waals surface area contributed by atoms with Crippen molar-refractivity contribution < 1.29 is 4.52 Å². The fourth-order valence-corrected chi connectivity index (χ4v) is 3.32.